The summed E-state index contributed by atoms with van der Waals surface area (Å²) in [6, 6.07) is 15.1. The van der Waals surface area contributed by atoms with E-state index in [4.69, 9.17) is 20.6 Å². The van der Waals surface area contributed by atoms with E-state index in [2.05, 4.69) is 17.0 Å². The van der Waals surface area contributed by atoms with Crippen LogP contribution in [-0.4, -0.2) is 44.3 Å². The van der Waals surface area contributed by atoms with Crippen LogP contribution in [0.2, 0.25) is 0 Å². The fourth-order valence-electron chi connectivity index (χ4n) is 3.75. The fraction of sp³-hybridized carbons (Fsp3) is 0.364. The van der Waals surface area contributed by atoms with Gasteiger partial charge in [0.1, 0.15) is 18.2 Å². The van der Waals surface area contributed by atoms with E-state index in [0.717, 1.165) is 24.5 Å². The highest BCUT2D eigenvalue weighted by molar-refractivity contribution is 5.96. The first-order chi connectivity index (χ1) is 14.1. The average Bonchev–Trinajstić information content (AvgIpc) is 3.14. The zero-order valence-electron chi connectivity index (χ0n) is 16.3. The maximum atomic E-state index is 12.3. The van der Waals surface area contributed by atoms with Crippen molar-refractivity contribution in [1.82, 2.24) is 0 Å². The number of hydrogen-bond acceptors (Lipinski definition) is 5. The number of ether oxygens (including phenoxy) is 2. The Kier molecular flexibility index (Phi) is 5.55. The number of nitrogens with two attached hydrogens (primary N) is 1. The summed E-state index contributed by atoms with van der Waals surface area (Å²) in [5, 5.41) is 7.46. The average molecular weight is 394 g/mol. The van der Waals surface area contributed by atoms with Gasteiger partial charge in [-0.2, -0.15) is 0 Å². The Bertz CT molecular complexity index is 878. The molecule has 2 fully saturated rings. The van der Waals surface area contributed by atoms with Crippen LogP contribution in [0, 0.1) is 5.41 Å². The number of piperidine rings is 1. The molecule has 1 amide bonds. The monoisotopic (exact) mass is 394 g/mol. The maximum absolute atomic E-state index is 12.3. The Morgan fingerprint density at radius 1 is 1.10 bits per heavy atom. The number of hydrogen-bond donors (Lipinski definition) is 2. The molecule has 2 aliphatic rings. The number of anilines is 2. The molecule has 2 aromatic carbocycles. The molecule has 0 aliphatic carbocycles. The van der Waals surface area contributed by atoms with Crippen molar-refractivity contribution in [2.24, 2.45) is 5.73 Å². The molecule has 2 heterocycles. The molecule has 0 aromatic heterocycles. The van der Waals surface area contributed by atoms with Crippen molar-refractivity contribution in [1.29, 1.82) is 5.41 Å². The van der Waals surface area contributed by atoms with E-state index in [1.54, 1.807) is 29.2 Å². The van der Waals surface area contributed by atoms with E-state index in [-0.39, 0.29) is 11.9 Å². The lowest BCUT2D eigenvalue weighted by Crippen LogP contribution is -2.29. The highest BCUT2D eigenvalue weighted by atomic mass is 16.6. The standard InChI is InChI=1S/C22H26N4O3/c23-21(24)16-7-9-17(10-8-16)26-14-20(29-22(26)27)15-28-19-6-4-5-18(13-19)25-11-2-1-3-12-25/h4-10,13,20H,1-3,11-12,14-15H2,(H3,23,24). The van der Waals surface area contributed by atoms with Crippen molar-refractivity contribution in [2.45, 2.75) is 25.4 Å². The van der Waals surface area contributed by atoms with Crippen LogP contribution in [0.1, 0.15) is 24.8 Å². The summed E-state index contributed by atoms with van der Waals surface area (Å²) in [5.41, 5.74) is 7.99. The number of rotatable bonds is 6. The Hall–Kier alpha value is -3.22. The van der Waals surface area contributed by atoms with Crippen LogP contribution in [0.4, 0.5) is 16.2 Å². The van der Waals surface area contributed by atoms with Gasteiger partial charge < -0.3 is 20.1 Å². The maximum Gasteiger partial charge on any atom is 0.414 e. The number of benzene rings is 2. The van der Waals surface area contributed by atoms with Crippen LogP contribution in [0.3, 0.4) is 0 Å². The van der Waals surface area contributed by atoms with Crippen molar-refractivity contribution in [3.05, 3.63) is 54.1 Å². The summed E-state index contributed by atoms with van der Waals surface area (Å²) in [4.78, 5) is 16.2. The van der Waals surface area contributed by atoms with Crippen molar-refractivity contribution in [3.8, 4) is 5.75 Å². The molecule has 2 saturated heterocycles. The quantitative estimate of drug-likeness (QED) is 0.579. The molecule has 1 unspecified atom stereocenters. The molecule has 0 saturated carbocycles. The molecule has 2 aliphatic heterocycles. The van der Waals surface area contributed by atoms with E-state index >= 15 is 0 Å². The predicted molar refractivity (Wildman–Crippen MR) is 113 cm³/mol. The number of carbonyl (C=O) groups is 1. The van der Waals surface area contributed by atoms with Gasteiger partial charge in [-0.1, -0.05) is 6.07 Å². The van der Waals surface area contributed by atoms with E-state index in [0.29, 0.717) is 18.7 Å². The Morgan fingerprint density at radius 2 is 1.86 bits per heavy atom. The summed E-state index contributed by atoms with van der Waals surface area (Å²) < 4.78 is 11.4. The molecular formula is C22H26N4O3. The van der Waals surface area contributed by atoms with Crippen molar-refractivity contribution in [2.75, 3.05) is 36.0 Å². The summed E-state index contributed by atoms with van der Waals surface area (Å²) >= 11 is 0. The topological polar surface area (TPSA) is 91.9 Å². The highest BCUT2D eigenvalue weighted by Crippen LogP contribution is 2.26. The fourth-order valence-corrected chi connectivity index (χ4v) is 3.75. The van der Waals surface area contributed by atoms with E-state index < -0.39 is 6.09 Å². The minimum atomic E-state index is -0.392. The van der Waals surface area contributed by atoms with Gasteiger partial charge in [-0.15, -0.1) is 0 Å². The third-order valence-corrected chi connectivity index (χ3v) is 5.34. The zero-order valence-corrected chi connectivity index (χ0v) is 16.3. The lowest BCUT2D eigenvalue weighted by molar-refractivity contribution is 0.105. The molecule has 29 heavy (non-hydrogen) atoms. The molecule has 0 bridgehead atoms. The summed E-state index contributed by atoms with van der Waals surface area (Å²) in [5.74, 6) is 0.784. The zero-order chi connectivity index (χ0) is 20.2. The second-order valence-electron chi connectivity index (χ2n) is 7.43. The minimum absolute atomic E-state index is 0.00129. The number of carbonyl (C=O) groups excluding carboxylic acids is 1. The number of nitrogens with zero attached hydrogens (tertiary/aromatic N) is 2. The Balaban J connectivity index is 1.35. The summed E-state index contributed by atoms with van der Waals surface area (Å²) in [7, 11) is 0. The second-order valence-corrected chi connectivity index (χ2v) is 7.43. The van der Waals surface area contributed by atoms with Crippen LogP contribution >= 0.6 is 0 Å². The van der Waals surface area contributed by atoms with Crippen molar-refractivity contribution >= 4 is 23.3 Å². The van der Waals surface area contributed by atoms with Gasteiger partial charge in [0.15, 0.2) is 6.10 Å². The van der Waals surface area contributed by atoms with Gasteiger partial charge in [0.25, 0.3) is 0 Å². The first-order valence-corrected chi connectivity index (χ1v) is 10.0. The molecule has 7 heteroatoms. The minimum Gasteiger partial charge on any atom is -0.490 e. The Labute approximate surface area is 170 Å². The molecule has 0 radical (unpaired) electrons. The number of cyclic esters (lactones) is 1. The SMILES string of the molecule is N=C(N)c1ccc(N2CC(COc3cccc(N4CCCCC4)c3)OC2=O)cc1. The van der Waals surface area contributed by atoms with Crippen LogP contribution < -0.4 is 20.3 Å². The largest absolute Gasteiger partial charge is 0.490 e. The summed E-state index contributed by atoms with van der Waals surface area (Å²) in [6.07, 6.45) is 3.02. The van der Waals surface area contributed by atoms with Gasteiger partial charge >= 0.3 is 6.09 Å². The van der Waals surface area contributed by atoms with Gasteiger partial charge in [0.05, 0.1) is 6.54 Å². The molecule has 0 spiro atoms. The number of nitrogens with one attached hydrogen (secondary N) is 1. The van der Waals surface area contributed by atoms with Gasteiger partial charge in [-0.25, -0.2) is 4.79 Å². The third kappa shape index (κ3) is 4.45. The van der Waals surface area contributed by atoms with Crippen molar-refractivity contribution in [3.63, 3.8) is 0 Å². The second kappa shape index (κ2) is 8.43. The van der Waals surface area contributed by atoms with Gasteiger partial charge in [0, 0.05) is 36.1 Å². The molecule has 7 nitrogen and oxygen atoms in total. The molecule has 4 rings (SSSR count). The smallest absolute Gasteiger partial charge is 0.414 e. The van der Waals surface area contributed by atoms with Gasteiger partial charge in [-0.3, -0.25) is 10.3 Å². The lowest BCUT2D eigenvalue weighted by atomic mass is 10.1. The highest BCUT2D eigenvalue weighted by Gasteiger charge is 2.32. The lowest BCUT2D eigenvalue weighted by Gasteiger charge is -2.29. The number of amidine groups is 1. The first-order valence-electron chi connectivity index (χ1n) is 10.0. The van der Waals surface area contributed by atoms with E-state index in [1.807, 2.05) is 12.1 Å². The molecule has 2 aromatic rings. The van der Waals surface area contributed by atoms with E-state index in [1.165, 1.54) is 24.9 Å². The van der Waals surface area contributed by atoms with Crippen LogP contribution in [0.15, 0.2) is 48.5 Å². The predicted octanol–water partition coefficient (Wildman–Crippen LogP) is 3.37. The van der Waals surface area contributed by atoms with Crippen molar-refractivity contribution < 1.29 is 14.3 Å². The first kappa shape index (κ1) is 19.1. The molecule has 152 valence electrons. The molecular weight excluding hydrogens is 368 g/mol. The number of amides is 1. The number of nitrogen functional groups attached to an aromatic ring is 1. The Morgan fingerprint density at radius 3 is 2.59 bits per heavy atom. The van der Waals surface area contributed by atoms with Crippen LogP contribution in [-0.2, 0) is 4.74 Å². The molecule has 1 atom stereocenters. The van der Waals surface area contributed by atoms with Gasteiger partial charge in [0.2, 0.25) is 0 Å². The third-order valence-electron chi connectivity index (χ3n) is 5.34. The van der Waals surface area contributed by atoms with Gasteiger partial charge in [-0.05, 0) is 55.7 Å². The summed E-state index contributed by atoms with van der Waals surface area (Å²) in [6.45, 7) is 2.89. The molecule has 3 N–H and O–H groups in total. The van der Waals surface area contributed by atoms with Crippen LogP contribution in [0.25, 0.3) is 0 Å². The normalized spacial score (nSPS) is 19.2. The van der Waals surface area contributed by atoms with E-state index in [9.17, 15) is 4.79 Å². The van der Waals surface area contributed by atoms with Crippen LogP contribution in [0.5, 0.6) is 5.75 Å².